The molecule has 0 radical (unpaired) electrons. The van der Waals surface area contributed by atoms with Crippen LogP contribution in [0.25, 0.3) is 0 Å². The Kier molecular flexibility index (Phi) is 4.24. The fraction of sp³-hybridized carbons (Fsp3) is 0.455. The Morgan fingerprint density at radius 3 is 2.57 bits per heavy atom. The highest BCUT2D eigenvalue weighted by atomic mass is 35.5. The lowest BCUT2D eigenvalue weighted by Gasteiger charge is -2.20. The molecule has 2 N–H and O–H groups in total. The summed E-state index contributed by atoms with van der Waals surface area (Å²) in [6.45, 7) is 4.14. The van der Waals surface area contributed by atoms with Crippen molar-refractivity contribution >= 4 is 23.2 Å². The normalized spacial score (nSPS) is 15.2. The smallest absolute Gasteiger partial charge is 0.0627 e. The van der Waals surface area contributed by atoms with Crippen molar-refractivity contribution in [2.75, 3.05) is 0 Å². The van der Waals surface area contributed by atoms with Gasteiger partial charge >= 0.3 is 0 Å². The van der Waals surface area contributed by atoms with Crippen molar-refractivity contribution in [3.63, 3.8) is 0 Å². The van der Waals surface area contributed by atoms with Gasteiger partial charge in [-0.25, -0.2) is 0 Å². The molecule has 0 amide bonds. The van der Waals surface area contributed by atoms with Crippen molar-refractivity contribution in [1.82, 2.24) is 0 Å². The summed E-state index contributed by atoms with van der Waals surface area (Å²) in [6, 6.07) is 5.81. The zero-order valence-electron chi connectivity index (χ0n) is 8.43. The van der Waals surface area contributed by atoms with Gasteiger partial charge in [-0.3, -0.25) is 0 Å². The molecule has 0 aliphatic rings. The number of hydrogen-bond donors (Lipinski definition) is 1. The molecule has 0 aliphatic heterocycles. The second-order valence-electron chi connectivity index (χ2n) is 3.50. The Bertz CT molecular complexity index is 312. The third-order valence-corrected chi connectivity index (χ3v) is 3.42. The van der Waals surface area contributed by atoms with Crippen molar-refractivity contribution in [2.45, 2.75) is 32.2 Å². The summed E-state index contributed by atoms with van der Waals surface area (Å²) in [5, 5.41) is 1.23. The van der Waals surface area contributed by atoms with Crippen molar-refractivity contribution < 1.29 is 0 Å². The maximum atomic E-state index is 6.10. The van der Waals surface area contributed by atoms with Gasteiger partial charge in [0.15, 0.2) is 0 Å². The molecular weight excluding hydrogens is 217 g/mol. The fourth-order valence-electron chi connectivity index (χ4n) is 1.46. The first-order valence-electron chi connectivity index (χ1n) is 4.77. The summed E-state index contributed by atoms with van der Waals surface area (Å²) in [7, 11) is 0. The highest BCUT2D eigenvalue weighted by Crippen LogP contribution is 2.32. The van der Waals surface area contributed by atoms with Gasteiger partial charge in [0.05, 0.1) is 10.0 Å². The molecule has 0 fully saturated rings. The number of rotatable bonds is 3. The first-order chi connectivity index (χ1) is 6.57. The van der Waals surface area contributed by atoms with Crippen LogP contribution < -0.4 is 5.73 Å². The summed E-state index contributed by atoms with van der Waals surface area (Å²) in [4.78, 5) is 0. The molecule has 14 heavy (non-hydrogen) atoms. The van der Waals surface area contributed by atoms with E-state index in [0.717, 1.165) is 12.0 Å². The lowest BCUT2D eigenvalue weighted by molar-refractivity contribution is 0.551. The molecule has 0 spiro atoms. The van der Waals surface area contributed by atoms with E-state index < -0.39 is 0 Å². The van der Waals surface area contributed by atoms with Gasteiger partial charge in [-0.05, 0) is 24.0 Å². The summed E-state index contributed by atoms with van der Waals surface area (Å²) < 4.78 is 0. The Labute approximate surface area is 95.2 Å². The third kappa shape index (κ3) is 2.41. The lowest BCUT2D eigenvalue weighted by Crippen LogP contribution is -2.25. The summed E-state index contributed by atoms with van der Waals surface area (Å²) in [6.07, 6.45) is 0.935. The van der Waals surface area contributed by atoms with Crippen LogP contribution in [0.15, 0.2) is 18.2 Å². The molecular formula is C11H15Cl2N. The molecule has 78 valence electrons. The average Bonchev–Trinajstić information content (AvgIpc) is 2.20. The Morgan fingerprint density at radius 2 is 2.00 bits per heavy atom. The predicted molar refractivity (Wildman–Crippen MR) is 63.1 cm³/mol. The molecule has 0 saturated heterocycles. The zero-order chi connectivity index (χ0) is 10.7. The minimum Gasteiger partial charge on any atom is -0.327 e. The molecule has 0 heterocycles. The molecule has 0 bridgehead atoms. The van der Waals surface area contributed by atoms with Crippen molar-refractivity contribution in [2.24, 2.45) is 5.73 Å². The second kappa shape index (κ2) is 5.01. The van der Waals surface area contributed by atoms with E-state index in [2.05, 4.69) is 13.8 Å². The number of benzene rings is 1. The van der Waals surface area contributed by atoms with E-state index >= 15 is 0 Å². The molecule has 1 rings (SSSR count). The van der Waals surface area contributed by atoms with Crippen LogP contribution in [-0.4, -0.2) is 6.04 Å². The largest absolute Gasteiger partial charge is 0.327 e. The van der Waals surface area contributed by atoms with Gasteiger partial charge in [0.25, 0.3) is 0 Å². The van der Waals surface area contributed by atoms with Gasteiger partial charge in [-0.2, -0.15) is 0 Å². The number of hydrogen-bond acceptors (Lipinski definition) is 1. The lowest BCUT2D eigenvalue weighted by atomic mass is 9.92. The Balaban J connectivity index is 3.01. The number of halogens is 2. The Hall–Kier alpha value is -0.240. The second-order valence-corrected chi connectivity index (χ2v) is 4.29. The predicted octanol–water partition coefficient (Wildman–Crippen LogP) is 3.83. The van der Waals surface area contributed by atoms with Gasteiger partial charge < -0.3 is 5.73 Å². The first kappa shape index (κ1) is 11.8. The Morgan fingerprint density at radius 1 is 1.36 bits per heavy atom. The van der Waals surface area contributed by atoms with Crippen molar-refractivity contribution in [1.29, 1.82) is 0 Å². The molecule has 0 aromatic heterocycles. The summed E-state index contributed by atoms with van der Waals surface area (Å²) in [5.74, 6) is 0.242. The van der Waals surface area contributed by atoms with E-state index in [-0.39, 0.29) is 12.0 Å². The highest BCUT2D eigenvalue weighted by molar-refractivity contribution is 6.42. The SMILES string of the molecule is CCC(N)C(C)c1cccc(Cl)c1Cl. The minimum absolute atomic E-state index is 0.131. The van der Waals surface area contributed by atoms with E-state index in [1.165, 1.54) is 0 Å². The molecule has 1 nitrogen and oxygen atoms in total. The van der Waals surface area contributed by atoms with Gasteiger partial charge in [-0.1, -0.05) is 49.2 Å². The molecule has 1 aromatic carbocycles. The van der Waals surface area contributed by atoms with Crippen LogP contribution in [0.2, 0.25) is 10.0 Å². The quantitative estimate of drug-likeness (QED) is 0.841. The van der Waals surface area contributed by atoms with Crippen molar-refractivity contribution in [3.8, 4) is 0 Å². The summed E-state index contributed by atoms with van der Waals surface area (Å²) in [5.41, 5.74) is 7.00. The van der Waals surface area contributed by atoms with Gasteiger partial charge in [0.1, 0.15) is 0 Å². The zero-order valence-corrected chi connectivity index (χ0v) is 9.94. The summed E-state index contributed by atoms with van der Waals surface area (Å²) >= 11 is 12.0. The van der Waals surface area contributed by atoms with E-state index in [1.807, 2.05) is 12.1 Å². The van der Waals surface area contributed by atoms with Crippen LogP contribution in [0.4, 0.5) is 0 Å². The number of nitrogens with two attached hydrogens (primary N) is 1. The average molecular weight is 232 g/mol. The molecule has 1 aromatic rings. The van der Waals surface area contributed by atoms with Crippen LogP contribution in [-0.2, 0) is 0 Å². The molecule has 0 aliphatic carbocycles. The third-order valence-electron chi connectivity index (χ3n) is 2.59. The van der Waals surface area contributed by atoms with E-state index in [4.69, 9.17) is 28.9 Å². The topological polar surface area (TPSA) is 26.0 Å². The van der Waals surface area contributed by atoms with Crippen LogP contribution >= 0.6 is 23.2 Å². The maximum absolute atomic E-state index is 6.10. The van der Waals surface area contributed by atoms with E-state index in [0.29, 0.717) is 10.0 Å². The van der Waals surface area contributed by atoms with E-state index in [9.17, 15) is 0 Å². The highest BCUT2D eigenvalue weighted by Gasteiger charge is 2.16. The van der Waals surface area contributed by atoms with Gasteiger partial charge in [-0.15, -0.1) is 0 Å². The molecule has 2 unspecified atom stereocenters. The van der Waals surface area contributed by atoms with Crippen molar-refractivity contribution in [3.05, 3.63) is 33.8 Å². The molecule has 0 saturated carbocycles. The maximum Gasteiger partial charge on any atom is 0.0627 e. The molecule has 3 heteroatoms. The van der Waals surface area contributed by atoms with Crippen LogP contribution in [0.1, 0.15) is 31.7 Å². The van der Waals surface area contributed by atoms with Crippen LogP contribution in [0.5, 0.6) is 0 Å². The standard InChI is InChI=1S/C11H15Cl2N/c1-3-10(14)7(2)8-5-4-6-9(12)11(8)13/h4-7,10H,3,14H2,1-2H3. The minimum atomic E-state index is 0.131. The van der Waals surface area contributed by atoms with Gasteiger partial charge in [0, 0.05) is 6.04 Å². The fourth-order valence-corrected chi connectivity index (χ4v) is 1.94. The van der Waals surface area contributed by atoms with Crippen LogP contribution in [0.3, 0.4) is 0 Å². The monoisotopic (exact) mass is 231 g/mol. The van der Waals surface area contributed by atoms with Crippen LogP contribution in [0, 0.1) is 0 Å². The van der Waals surface area contributed by atoms with Gasteiger partial charge in [0.2, 0.25) is 0 Å². The first-order valence-corrected chi connectivity index (χ1v) is 5.53. The molecule has 2 atom stereocenters. The van der Waals surface area contributed by atoms with E-state index in [1.54, 1.807) is 6.07 Å².